The maximum Gasteiger partial charge on any atom is 0.191 e. The van der Waals surface area contributed by atoms with Gasteiger partial charge in [0, 0.05) is 44.4 Å². The smallest absolute Gasteiger partial charge is 0.191 e. The van der Waals surface area contributed by atoms with E-state index in [9.17, 15) is 0 Å². The SMILES string of the molecule is CC(C)COCCCN=C(N)N1CCSCC1. The highest BCUT2D eigenvalue weighted by atomic mass is 32.2. The van der Waals surface area contributed by atoms with Crippen LogP contribution in [0.3, 0.4) is 0 Å². The number of thioether (sulfide) groups is 1. The minimum atomic E-state index is 0.606. The lowest BCUT2D eigenvalue weighted by Crippen LogP contribution is -2.42. The second-order valence-corrected chi connectivity index (χ2v) is 5.89. The second-order valence-electron chi connectivity index (χ2n) is 4.66. The summed E-state index contributed by atoms with van der Waals surface area (Å²) in [6.45, 7) is 8.77. The Bertz CT molecular complexity index is 228. The van der Waals surface area contributed by atoms with E-state index in [2.05, 4.69) is 23.7 Å². The van der Waals surface area contributed by atoms with Crippen molar-refractivity contribution in [3.8, 4) is 0 Å². The molecule has 0 radical (unpaired) electrons. The van der Waals surface area contributed by atoms with Gasteiger partial charge < -0.3 is 15.4 Å². The molecule has 0 saturated carbocycles. The van der Waals surface area contributed by atoms with Crippen LogP contribution in [0.4, 0.5) is 0 Å². The van der Waals surface area contributed by atoms with Gasteiger partial charge in [-0.25, -0.2) is 0 Å². The molecule has 0 bridgehead atoms. The first-order chi connectivity index (χ1) is 8.20. The zero-order valence-electron chi connectivity index (χ0n) is 11.0. The average molecular weight is 259 g/mol. The molecule has 0 unspecified atom stereocenters. The van der Waals surface area contributed by atoms with Gasteiger partial charge in [0.15, 0.2) is 5.96 Å². The van der Waals surface area contributed by atoms with Gasteiger partial charge in [-0.1, -0.05) is 13.8 Å². The summed E-state index contributed by atoms with van der Waals surface area (Å²) in [7, 11) is 0. The molecule has 4 nitrogen and oxygen atoms in total. The summed E-state index contributed by atoms with van der Waals surface area (Å²) < 4.78 is 5.50. The van der Waals surface area contributed by atoms with Crippen molar-refractivity contribution in [1.82, 2.24) is 4.90 Å². The third-order valence-electron chi connectivity index (χ3n) is 2.51. The molecule has 0 atom stereocenters. The van der Waals surface area contributed by atoms with E-state index in [1.165, 1.54) is 0 Å². The van der Waals surface area contributed by atoms with Crippen LogP contribution in [0.15, 0.2) is 4.99 Å². The molecule has 1 aliphatic heterocycles. The van der Waals surface area contributed by atoms with Crippen molar-refractivity contribution >= 4 is 17.7 Å². The van der Waals surface area contributed by atoms with E-state index in [0.717, 1.165) is 50.8 Å². The lowest BCUT2D eigenvalue weighted by Gasteiger charge is -2.27. The maximum absolute atomic E-state index is 5.94. The van der Waals surface area contributed by atoms with E-state index >= 15 is 0 Å². The van der Waals surface area contributed by atoms with Gasteiger partial charge in [-0.3, -0.25) is 4.99 Å². The van der Waals surface area contributed by atoms with E-state index in [4.69, 9.17) is 10.5 Å². The number of rotatable bonds is 6. The Labute approximate surface area is 109 Å². The molecule has 0 aromatic carbocycles. The molecule has 1 aliphatic rings. The molecule has 17 heavy (non-hydrogen) atoms. The van der Waals surface area contributed by atoms with Crippen molar-refractivity contribution in [3.05, 3.63) is 0 Å². The van der Waals surface area contributed by atoms with Gasteiger partial charge in [0.1, 0.15) is 0 Å². The number of nitrogens with zero attached hydrogens (tertiary/aromatic N) is 2. The molecular weight excluding hydrogens is 234 g/mol. The Morgan fingerprint density at radius 2 is 2.12 bits per heavy atom. The first-order valence-corrected chi connectivity index (χ1v) is 7.56. The summed E-state index contributed by atoms with van der Waals surface area (Å²) in [5.74, 6) is 3.63. The van der Waals surface area contributed by atoms with Crippen LogP contribution in [0.2, 0.25) is 0 Å². The maximum atomic E-state index is 5.94. The summed E-state index contributed by atoms with van der Waals surface area (Å²) >= 11 is 1.98. The number of aliphatic imine (C=N–C) groups is 1. The van der Waals surface area contributed by atoms with Crippen molar-refractivity contribution in [2.45, 2.75) is 20.3 Å². The van der Waals surface area contributed by atoms with Crippen molar-refractivity contribution < 1.29 is 4.74 Å². The van der Waals surface area contributed by atoms with Gasteiger partial charge in [0.05, 0.1) is 0 Å². The number of guanidine groups is 1. The van der Waals surface area contributed by atoms with Crippen LogP contribution < -0.4 is 5.73 Å². The molecular formula is C12H25N3OS. The quantitative estimate of drug-likeness (QED) is 0.445. The Hall–Kier alpha value is -0.420. The predicted molar refractivity (Wildman–Crippen MR) is 75.7 cm³/mol. The van der Waals surface area contributed by atoms with Gasteiger partial charge in [-0.15, -0.1) is 0 Å². The van der Waals surface area contributed by atoms with Crippen molar-refractivity contribution in [1.29, 1.82) is 0 Å². The fourth-order valence-corrected chi connectivity index (χ4v) is 2.47. The van der Waals surface area contributed by atoms with Gasteiger partial charge in [0.25, 0.3) is 0 Å². The van der Waals surface area contributed by atoms with Gasteiger partial charge in [-0.2, -0.15) is 11.8 Å². The third kappa shape index (κ3) is 6.78. The van der Waals surface area contributed by atoms with E-state index in [1.54, 1.807) is 0 Å². The predicted octanol–water partition coefficient (Wildman–Crippen LogP) is 1.41. The molecule has 1 heterocycles. The molecule has 1 saturated heterocycles. The fraction of sp³-hybridized carbons (Fsp3) is 0.917. The van der Waals surface area contributed by atoms with E-state index < -0.39 is 0 Å². The van der Waals surface area contributed by atoms with Crippen LogP contribution in [-0.2, 0) is 4.74 Å². The number of hydrogen-bond donors (Lipinski definition) is 1. The molecule has 0 aromatic heterocycles. The minimum Gasteiger partial charge on any atom is -0.381 e. The highest BCUT2D eigenvalue weighted by Gasteiger charge is 2.11. The Balaban J connectivity index is 2.06. The molecule has 1 rings (SSSR count). The summed E-state index contributed by atoms with van der Waals surface area (Å²) in [5.41, 5.74) is 5.94. The highest BCUT2D eigenvalue weighted by molar-refractivity contribution is 7.99. The van der Waals surface area contributed by atoms with Gasteiger partial charge >= 0.3 is 0 Å². The highest BCUT2D eigenvalue weighted by Crippen LogP contribution is 2.08. The summed E-state index contributed by atoms with van der Waals surface area (Å²) in [6.07, 6.45) is 0.954. The first kappa shape index (κ1) is 14.6. The number of ether oxygens (including phenoxy) is 1. The molecule has 100 valence electrons. The molecule has 1 fully saturated rings. The lowest BCUT2D eigenvalue weighted by atomic mass is 10.2. The monoisotopic (exact) mass is 259 g/mol. The minimum absolute atomic E-state index is 0.606. The van der Waals surface area contributed by atoms with Crippen LogP contribution in [0.5, 0.6) is 0 Å². The molecule has 0 spiro atoms. The van der Waals surface area contributed by atoms with Crippen LogP contribution in [0, 0.1) is 5.92 Å². The lowest BCUT2D eigenvalue weighted by molar-refractivity contribution is 0.109. The summed E-state index contributed by atoms with van der Waals surface area (Å²) in [5, 5.41) is 0. The third-order valence-corrected chi connectivity index (χ3v) is 3.45. The van der Waals surface area contributed by atoms with Crippen molar-refractivity contribution in [2.75, 3.05) is 44.4 Å². The number of nitrogens with two attached hydrogens (primary N) is 1. The molecule has 0 aromatic rings. The zero-order valence-corrected chi connectivity index (χ0v) is 11.8. The normalized spacial score (nSPS) is 17.8. The van der Waals surface area contributed by atoms with Crippen molar-refractivity contribution in [3.63, 3.8) is 0 Å². The first-order valence-electron chi connectivity index (χ1n) is 6.40. The Morgan fingerprint density at radius 1 is 1.41 bits per heavy atom. The van der Waals surface area contributed by atoms with Crippen LogP contribution in [0.1, 0.15) is 20.3 Å². The fourth-order valence-electron chi connectivity index (χ4n) is 1.57. The molecule has 2 N–H and O–H groups in total. The van der Waals surface area contributed by atoms with Crippen LogP contribution in [-0.4, -0.2) is 55.2 Å². The standard InChI is InChI=1S/C12H25N3OS/c1-11(2)10-16-7-3-4-14-12(13)15-5-8-17-9-6-15/h11H,3-10H2,1-2H3,(H2,13,14). The van der Waals surface area contributed by atoms with Crippen molar-refractivity contribution in [2.24, 2.45) is 16.6 Å². The zero-order chi connectivity index (χ0) is 12.5. The average Bonchev–Trinajstić information content (AvgIpc) is 2.34. The van der Waals surface area contributed by atoms with Gasteiger partial charge in [0.2, 0.25) is 0 Å². The second kappa shape index (κ2) is 8.64. The summed E-state index contributed by atoms with van der Waals surface area (Å²) in [6, 6.07) is 0. The molecule has 0 aliphatic carbocycles. The Kier molecular flexibility index (Phi) is 7.44. The number of hydrogen-bond acceptors (Lipinski definition) is 3. The molecule has 5 heteroatoms. The van der Waals surface area contributed by atoms with Crippen LogP contribution >= 0.6 is 11.8 Å². The summed E-state index contributed by atoms with van der Waals surface area (Å²) in [4.78, 5) is 6.57. The molecule has 0 amide bonds. The van der Waals surface area contributed by atoms with E-state index in [-0.39, 0.29) is 0 Å². The topological polar surface area (TPSA) is 50.9 Å². The van der Waals surface area contributed by atoms with Crippen LogP contribution in [0.25, 0.3) is 0 Å². The van der Waals surface area contributed by atoms with E-state index in [0.29, 0.717) is 11.9 Å². The van der Waals surface area contributed by atoms with Gasteiger partial charge in [-0.05, 0) is 12.3 Å². The van der Waals surface area contributed by atoms with E-state index in [1.807, 2.05) is 11.8 Å². The Morgan fingerprint density at radius 3 is 2.76 bits per heavy atom. The largest absolute Gasteiger partial charge is 0.381 e.